The van der Waals surface area contributed by atoms with Gasteiger partial charge in [-0.2, -0.15) is 0 Å². The van der Waals surface area contributed by atoms with E-state index in [4.69, 9.17) is 11.6 Å². The van der Waals surface area contributed by atoms with Crippen LogP contribution in [-0.2, 0) is 0 Å². The number of hydrogen-bond acceptors (Lipinski definition) is 2. The summed E-state index contributed by atoms with van der Waals surface area (Å²) in [6, 6.07) is 19.7. The van der Waals surface area contributed by atoms with Gasteiger partial charge in [-0.3, -0.25) is 9.36 Å². The third kappa shape index (κ3) is 2.66. The van der Waals surface area contributed by atoms with Crippen LogP contribution in [0.2, 0.25) is 5.02 Å². The molecule has 0 N–H and O–H groups in total. The van der Waals surface area contributed by atoms with Crippen molar-refractivity contribution in [1.82, 2.24) is 4.57 Å². The summed E-state index contributed by atoms with van der Waals surface area (Å²) < 4.78 is 2.47. The van der Waals surface area contributed by atoms with Crippen LogP contribution in [0.25, 0.3) is 26.2 Å². The molecule has 118 valence electrons. The quantitative estimate of drug-likeness (QED) is 0.455. The number of pyridine rings is 1. The molecule has 0 aliphatic carbocycles. The first-order chi connectivity index (χ1) is 11.6. The Morgan fingerprint density at radius 3 is 2.38 bits per heavy atom. The first-order valence-electron chi connectivity index (χ1n) is 7.60. The van der Waals surface area contributed by atoms with E-state index in [9.17, 15) is 4.79 Å². The molecule has 2 nitrogen and oxygen atoms in total. The van der Waals surface area contributed by atoms with Gasteiger partial charge in [-0.15, -0.1) is 11.3 Å². The summed E-state index contributed by atoms with van der Waals surface area (Å²) >= 11 is 7.47. The van der Waals surface area contributed by atoms with E-state index in [2.05, 4.69) is 6.07 Å². The van der Waals surface area contributed by atoms with Gasteiger partial charge in [0.1, 0.15) is 4.70 Å². The Morgan fingerprint density at radius 1 is 0.958 bits per heavy atom. The molecule has 24 heavy (non-hydrogen) atoms. The van der Waals surface area contributed by atoms with Gasteiger partial charge >= 0.3 is 0 Å². The molecular formula is C20H14ClNOS. The maximum Gasteiger partial charge on any atom is 0.273 e. The number of fused-ring (bicyclic) bond motifs is 1. The molecule has 0 radical (unpaired) electrons. The van der Waals surface area contributed by atoms with Crippen LogP contribution < -0.4 is 5.56 Å². The zero-order chi connectivity index (χ0) is 16.7. The van der Waals surface area contributed by atoms with E-state index in [0.717, 1.165) is 26.2 Å². The summed E-state index contributed by atoms with van der Waals surface area (Å²) in [6.07, 6.45) is 1.84. The molecule has 0 saturated heterocycles. The monoisotopic (exact) mass is 351 g/mol. The third-order valence-corrected chi connectivity index (χ3v) is 5.46. The average molecular weight is 352 g/mol. The summed E-state index contributed by atoms with van der Waals surface area (Å²) in [5.74, 6) is 0. The summed E-state index contributed by atoms with van der Waals surface area (Å²) in [7, 11) is 0. The molecule has 0 bridgehead atoms. The fourth-order valence-electron chi connectivity index (χ4n) is 2.69. The Morgan fingerprint density at radius 2 is 1.67 bits per heavy atom. The van der Waals surface area contributed by atoms with Crippen LogP contribution in [0.1, 0.15) is 5.56 Å². The lowest BCUT2D eigenvalue weighted by Gasteiger charge is -2.05. The van der Waals surface area contributed by atoms with E-state index in [1.165, 1.54) is 16.9 Å². The van der Waals surface area contributed by atoms with E-state index in [-0.39, 0.29) is 5.56 Å². The van der Waals surface area contributed by atoms with Crippen molar-refractivity contribution in [3.8, 4) is 16.1 Å². The first-order valence-corrected chi connectivity index (χ1v) is 8.79. The van der Waals surface area contributed by atoms with Crippen LogP contribution in [0.5, 0.6) is 0 Å². The lowest BCUT2D eigenvalue weighted by atomic mass is 10.2. The lowest BCUT2D eigenvalue weighted by Crippen LogP contribution is -2.16. The van der Waals surface area contributed by atoms with Crippen LogP contribution >= 0.6 is 22.9 Å². The van der Waals surface area contributed by atoms with Crippen LogP contribution in [0.4, 0.5) is 0 Å². The normalized spacial score (nSPS) is 11.1. The van der Waals surface area contributed by atoms with Gasteiger partial charge in [0.05, 0.1) is 0 Å². The summed E-state index contributed by atoms with van der Waals surface area (Å²) in [5, 5.41) is 1.68. The van der Waals surface area contributed by atoms with Gasteiger partial charge in [0.25, 0.3) is 5.56 Å². The van der Waals surface area contributed by atoms with Crippen molar-refractivity contribution in [2.24, 2.45) is 0 Å². The Labute approximate surface area is 148 Å². The number of benzene rings is 2. The minimum absolute atomic E-state index is 0.0153. The van der Waals surface area contributed by atoms with Crippen molar-refractivity contribution in [2.75, 3.05) is 0 Å². The molecule has 0 atom stereocenters. The second-order valence-corrected chi connectivity index (χ2v) is 7.22. The highest BCUT2D eigenvalue weighted by atomic mass is 35.5. The molecular weight excluding hydrogens is 338 g/mol. The van der Waals surface area contributed by atoms with Gasteiger partial charge in [0.15, 0.2) is 0 Å². The van der Waals surface area contributed by atoms with E-state index in [0.29, 0.717) is 5.02 Å². The highest BCUT2D eigenvalue weighted by Crippen LogP contribution is 2.32. The molecule has 2 aromatic carbocycles. The molecule has 0 aliphatic rings. The highest BCUT2D eigenvalue weighted by molar-refractivity contribution is 7.22. The highest BCUT2D eigenvalue weighted by Gasteiger charge is 2.10. The van der Waals surface area contributed by atoms with Gasteiger partial charge in [-0.1, -0.05) is 41.4 Å². The molecule has 0 spiro atoms. The fraction of sp³-hybridized carbons (Fsp3) is 0.0500. The van der Waals surface area contributed by atoms with Gasteiger partial charge < -0.3 is 0 Å². The van der Waals surface area contributed by atoms with E-state index in [1.54, 1.807) is 4.57 Å². The van der Waals surface area contributed by atoms with Gasteiger partial charge in [0, 0.05) is 27.2 Å². The predicted octanol–water partition coefficient (Wildman–Crippen LogP) is 5.68. The van der Waals surface area contributed by atoms with Crippen molar-refractivity contribution in [2.45, 2.75) is 6.92 Å². The maximum absolute atomic E-state index is 12.9. The Balaban J connectivity index is 1.86. The summed E-state index contributed by atoms with van der Waals surface area (Å²) in [4.78, 5) is 13.9. The smallest absolute Gasteiger partial charge is 0.273 e. The zero-order valence-corrected chi connectivity index (χ0v) is 14.6. The second kappa shape index (κ2) is 5.93. The molecule has 4 rings (SSSR count). The SMILES string of the molecule is Cc1ccc(-n2ccc3cc(-c4ccc(Cl)cc4)sc3c2=O)cc1. The van der Waals surface area contributed by atoms with Crippen LogP contribution in [0.3, 0.4) is 0 Å². The zero-order valence-electron chi connectivity index (χ0n) is 13.0. The minimum Gasteiger partial charge on any atom is -0.283 e. The number of rotatable bonds is 2. The molecule has 0 saturated carbocycles. The molecule has 0 fully saturated rings. The largest absolute Gasteiger partial charge is 0.283 e. The van der Waals surface area contributed by atoms with Crippen molar-refractivity contribution in [3.63, 3.8) is 0 Å². The van der Waals surface area contributed by atoms with Crippen LogP contribution in [-0.4, -0.2) is 4.57 Å². The number of aromatic nitrogens is 1. The van der Waals surface area contributed by atoms with Gasteiger partial charge in [0.2, 0.25) is 0 Å². The van der Waals surface area contributed by atoms with E-state index < -0.39 is 0 Å². The Kier molecular flexibility index (Phi) is 3.75. The second-order valence-electron chi connectivity index (χ2n) is 5.73. The topological polar surface area (TPSA) is 22.0 Å². The molecule has 2 heterocycles. The lowest BCUT2D eigenvalue weighted by molar-refractivity contribution is 1.01. The summed E-state index contributed by atoms with van der Waals surface area (Å²) in [6.45, 7) is 2.04. The van der Waals surface area contributed by atoms with Crippen LogP contribution in [0, 0.1) is 6.92 Å². The van der Waals surface area contributed by atoms with Crippen LogP contribution in [0.15, 0.2) is 71.7 Å². The van der Waals surface area contributed by atoms with E-state index in [1.807, 2.05) is 67.7 Å². The van der Waals surface area contributed by atoms with E-state index >= 15 is 0 Å². The maximum atomic E-state index is 12.9. The van der Waals surface area contributed by atoms with Gasteiger partial charge in [-0.25, -0.2) is 0 Å². The molecule has 0 unspecified atom stereocenters. The number of halogens is 1. The van der Waals surface area contributed by atoms with Crippen molar-refractivity contribution in [3.05, 3.63) is 87.8 Å². The molecule has 4 aromatic rings. The average Bonchev–Trinajstić information content (AvgIpc) is 3.02. The number of nitrogens with zero attached hydrogens (tertiary/aromatic N) is 1. The Hall–Kier alpha value is -2.36. The van der Waals surface area contributed by atoms with Gasteiger partial charge in [-0.05, 0) is 48.9 Å². The summed E-state index contributed by atoms with van der Waals surface area (Å²) in [5.41, 5.74) is 3.14. The first kappa shape index (κ1) is 15.2. The standard InChI is InChI=1S/C20H14ClNOS/c1-13-2-8-17(9-3-13)22-11-10-15-12-18(24-19(15)20(22)23)14-4-6-16(21)7-5-14/h2-12H,1H3. The molecule has 0 aliphatic heterocycles. The number of aryl methyl sites for hydroxylation is 1. The van der Waals surface area contributed by atoms with Crippen molar-refractivity contribution >= 4 is 33.0 Å². The van der Waals surface area contributed by atoms with Crippen molar-refractivity contribution in [1.29, 1.82) is 0 Å². The van der Waals surface area contributed by atoms with Crippen molar-refractivity contribution < 1.29 is 0 Å². The number of thiophene rings is 1. The molecule has 2 aromatic heterocycles. The fourth-order valence-corrected chi connectivity index (χ4v) is 3.91. The molecule has 4 heteroatoms. The number of hydrogen-bond donors (Lipinski definition) is 0. The third-order valence-electron chi connectivity index (χ3n) is 4.02. The Bertz CT molecular complexity index is 1080. The predicted molar refractivity (Wildman–Crippen MR) is 103 cm³/mol. The minimum atomic E-state index is 0.0153. The molecule has 0 amide bonds.